The highest BCUT2D eigenvalue weighted by Crippen LogP contribution is 2.35. The Hall–Kier alpha value is -1.06. The van der Waals surface area contributed by atoms with E-state index in [1.165, 1.54) is 0 Å². The summed E-state index contributed by atoms with van der Waals surface area (Å²) in [7, 11) is 0. The Morgan fingerprint density at radius 2 is 1.94 bits per heavy atom. The van der Waals surface area contributed by atoms with Crippen LogP contribution >= 0.6 is 11.6 Å². The fraction of sp³-hybridized carbons (Fsp3) is 0.462. The van der Waals surface area contributed by atoms with Crippen molar-refractivity contribution >= 4 is 17.6 Å². The predicted octanol–water partition coefficient (Wildman–Crippen LogP) is 2.44. The molecule has 1 atom stereocenters. The number of hydrogen-bond acceptors (Lipinski definition) is 2. The van der Waals surface area contributed by atoms with Gasteiger partial charge in [-0.25, -0.2) is 0 Å². The van der Waals surface area contributed by atoms with Crippen LogP contribution in [0.1, 0.15) is 24.8 Å². The number of benzene rings is 1. The smallest absolute Gasteiger partial charge is 0.314 e. The summed E-state index contributed by atoms with van der Waals surface area (Å²) in [5.41, 5.74) is 0.103. The molecule has 1 aliphatic heterocycles. The molecule has 1 unspecified atom stereocenters. The molecule has 0 saturated carbocycles. The van der Waals surface area contributed by atoms with Gasteiger partial charge in [-0.15, -0.1) is 0 Å². The van der Waals surface area contributed by atoms with Gasteiger partial charge in [0.1, 0.15) is 0 Å². The second kappa shape index (κ2) is 5.07. The van der Waals surface area contributed by atoms with Crippen LogP contribution in [0, 0.1) is 0 Å². The van der Waals surface area contributed by atoms with Crippen molar-refractivity contribution in [1.29, 1.82) is 0 Å². The second-order valence-electron chi connectivity index (χ2n) is 4.50. The van der Waals surface area contributed by atoms with E-state index >= 15 is 0 Å². The van der Waals surface area contributed by atoms with Crippen molar-refractivity contribution in [3.8, 4) is 0 Å². The molecule has 3 nitrogen and oxygen atoms in total. The number of carboxylic acid groups (broad SMARTS) is 1. The zero-order chi connectivity index (χ0) is 12.3. The van der Waals surface area contributed by atoms with Gasteiger partial charge in [0.2, 0.25) is 0 Å². The number of nitrogens with one attached hydrogen (secondary N) is 1. The first-order valence-electron chi connectivity index (χ1n) is 5.85. The van der Waals surface area contributed by atoms with E-state index in [4.69, 9.17) is 11.6 Å². The van der Waals surface area contributed by atoms with Gasteiger partial charge in [0.15, 0.2) is 0 Å². The minimum Gasteiger partial charge on any atom is -0.481 e. The molecule has 1 aliphatic rings. The fourth-order valence-electron chi connectivity index (χ4n) is 2.46. The summed E-state index contributed by atoms with van der Waals surface area (Å²) >= 11 is 5.85. The number of aliphatic carboxylic acids is 1. The van der Waals surface area contributed by atoms with Gasteiger partial charge in [-0.2, -0.15) is 0 Å². The van der Waals surface area contributed by atoms with Gasteiger partial charge in [-0.1, -0.05) is 23.7 Å². The highest BCUT2D eigenvalue weighted by Gasteiger charge is 2.40. The third-order valence-electron chi connectivity index (χ3n) is 3.49. The van der Waals surface area contributed by atoms with Crippen molar-refractivity contribution in [3.63, 3.8) is 0 Å². The molecule has 0 amide bonds. The second-order valence-corrected chi connectivity index (χ2v) is 4.93. The summed E-state index contributed by atoms with van der Waals surface area (Å²) in [6.07, 6.45) is 2.19. The number of rotatable bonds is 2. The standard InChI is InChI=1S/C13H16ClNO2/c14-11-4-2-10(3-5-11)13(12(16)17)6-1-8-15-9-7-13/h2-5,15H,1,6-9H2,(H,16,17). The quantitative estimate of drug-likeness (QED) is 0.851. The zero-order valence-corrected chi connectivity index (χ0v) is 10.3. The van der Waals surface area contributed by atoms with Crippen molar-refractivity contribution in [2.45, 2.75) is 24.7 Å². The molecular formula is C13H16ClNO2. The van der Waals surface area contributed by atoms with E-state index in [-0.39, 0.29) is 0 Å². The lowest BCUT2D eigenvalue weighted by Gasteiger charge is -2.28. The largest absolute Gasteiger partial charge is 0.481 e. The molecule has 1 heterocycles. The van der Waals surface area contributed by atoms with Crippen LogP contribution in [0.3, 0.4) is 0 Å². The van der Waals surface area contributed by atoms with Gasteiger partial charge in [-0.3, -0.25) is 4.79 Å². The third kappa shape index (κ3) is 2.45. The molecule has 0 aromatic heterocycles. The zero-order valence-electron chi connectivity index (χ0n) is 9.58. The highest BCUT2D eigenvalue weighted by atomic mass is 35.5. The first-order valence-corrected chi connectivity index (χ1v) is 6.23. The molecule has 0 bridgehead atoms. The lowest BCUT2D eigenvalue weighted by molar-refractivity contribution is -0.144. The lowest BCUT2D eigenvalue weighted by atomic mass is 9.74. The van der Waals surface area contributed by atoms with E-state index in [1.807, 2.05) is 12.1 Å². The SMILES string of the molecule is O=C(O)C1(c2ccc(Cl)cc2)CCCNCC1. The Morgan fingerprint density at radius 3 is 2.59 bits per heavy atom. The highest BCUT2D eigenvalue weighted by molar-refractivity contribution is 6.30. The summed E-state index contributed by atoms with van der Waals surface area (Å²) in [4.78, 5) is 11.7. The van der Waals surface area contributed by atoms with Crippen LogP contribution in [0.4, 0.5) is 0 Å². The van der Waals surface area contributed by atoms with E-state index in [1.54, 1.807) is 12.1 Å². The van der Waals surface area contributed by atoms with Crippen molar-refractivity contribution in [1.82, 2.24) is 5.32 Å². The van der Waals surface area contributed by atoms with Crippen molar-refractivity contribution in [2.75, 3.05) is 13.1 Å². The molecule has 1 aromatic carbocycles. The Kier molecular flexibility index (Phi) is 3.69. The van der Waals surface area contributed by atoms with Crippen molar-refractivity contribution < 1.29 is 9.90 Å². The van der Waals surface area contributed by atoms with Gasteiger partial charge in [0.25, 0.3) is 0 Å². The summed E-state index contributed by atoms with van der Waals surface area (Å²) in [5, 5.41) is 13.5. The van der Waals surface area contributed by atoms with Gasteiger partial charge in [0, 0.05) is 5.02 Å². The molecular weight excluding hydrogens is 238 g/mol. The molecule has 1 fully saturated rings. The maximum atomic E-state index is 11.7. The molecule has 0 spiro atoms. The number of carbonyl (C=O) groups is 1. The monoisotopic (exact) mass is 253 g/mol. The van der Waals surface area contributed by atoms with Gasteiger partial charge >= 0.3 is 5.97 Å². The Bertz CT molecular complexity index is 394. The molecule has 17 heavy (non-hydrogen) atoms. The molecule has 92 valence electrons. The molecule has 2 N–H and O–H groups in total. The minimum atomic E-state index is -0.756. The summed E-state index contributed by atoms with van der Waals surface area (Å²) < 4.78 is 0. The first-order chi connectivity index (χ1) is 8.15. The van der Waals surface area contributed by atoms with E-state index in [9.17, 15) is 9.90 Å². The first kappa shape index (κ1) is 12.4. The Balaban J connectivity index is 2.39. The Morgan fingerprint density at radius 1 is 1.24 bits per heavy atom. The van der Waals surface area contributed by atoms with Crippen molar-refractivity contribution in [2.24, 2.45) is 0 Å². The predicted molar refractivity (Wildman–Crippen MR) is 67.5 cm³/mol. The molecule has 1 aromatic rings. The summed E-state index contributed by atoms with van der Waals surface area (Å²) in [5.74, 6) is -0.733. The van der Waals surface area contributed by atoms with Gasteiger partial charge < -0.3 is 10.4 Å². The maximum absolute atomic E-state index is 11.7. The normalized spacial score (nSPS) is 25.2. The van der Waals surface area contributed by atoms with Gasteiger partial charge in [0.05, 0.1) is 5.41 Å². The van der Waals surface area contributed by atoms with E-state index in [0.717, 1.165) is 25.1 Å². The number of hydrogen-bond donors (Lipinski definition) is 2. The van der Waals surface area contributed by atoms with Crippen LogP contribution in [0.25, 0.3) is 0 Å². The summed E-state index contributed by atoms with van der Waals surface area (Å²) in [6.45, 7) is 1.64. The number of carboxylic acids is 1. The fourth-order valence-corrected chi connectivity index (χ4v) is 2.59. The lowest BCUT2D eigenvalue weighted by Crippen LogP contribution is -2.36. The molecule has 4 heteroatoms. The molecule has 1 saturated heterocycles. The van der Waals surface area contributed by atoms with Gasteiger partial charge in [-0.05, 0) is 50.0 Å². The third-order valence-corrected chi connectivity index (χ3v) is 3.74. The molecule has 2 rings (SSSR count). The van der Waals surface area contributed by atoms with Crippen LogP contribution < -0.4 is 5.32 Å². The van der Waals surface area contributed by atoms with Crippen LogP contribution in [0.2, 0.25) is 5.02 Å². The average molecular weight is 254 g/mol. The van der Waals surface area contributed by atoms with E-state index in [2.05, 4.69) is 5.32 Å². The van der Waals surface area contributed by atoms with Crippen LogP contribution in [-0.4, -0.2) is 24.2 Å². The average Bonchev–Trinajstić information content (AvgIpc) is 2.56. The minimum absolute atomic E-state index is 0.629. The van der Waals surface area contributed by atoms with Crippen LogP contribution in [0.5, 0.6) is 0 Å². The number of halogens is 1. The summed E-state index contributed by atoms with van der Waals surface area (Å²) in [6, 6.07) is 7.20. The Labute approximate surface area is 106 Å². The maximum Gasteiger partial charge on any atom is 0.314 e. The molecule has 0 radical (unpaired) electrons. The van der Waals surface area contributed by atoms with Crippen LogP contribution in [-0.2, 0) is 10.2 Å². The van der Waals surface area contributed by atoms with E-state index < -0.39 is 11.4 Å². The topological polar surface area (TPSA) is 49.3 Å². The van der Waals surface area contributed by atoms with Crippen molar-refractivity contribution in [3.05, 3.63) is 34.9 Å². The van der Waals surface area contributed by atoms with E-state index in [0.29, 0.717) is 17.9 Å². The molecule has 0 aliphatic carbocycles. The van der Waals surface area contributed by atoms with Crippen LogP contribution in [0.15, 0.2) is 24.3 Å².